The third-order valence-electron chi connectivity index (χ3n) is 7.20. The Morgan fingerprint density at radius 3 is 1.88 bits per heavy atom. The van der Waals surface area contributed by atoms with Crippen molar-refractivity contribution in [1.82, 2.24) is 21.3 Å². The minimum atomic E-state index is -4.89. The summed E-state index contributed by atoms with van der Waals surface area (Å²) in [5.41, 5.74) is 1.91. The Hall–Kier alpha value is -5.49. The molecule has 50 heavy (non-hydrogen) atoms. The normalized spacial score (nSPS) is 13.9. The van der Waals surface area contributed by atoms with Crippen molar-refractivity contribution in [3.63, 3.8) is 0 Å². The standard InChI is InChI=1S/C31H39F3N6O10/c1-13(2)25(36-15(5)41)29(48)38-19(8-9-22(35)42)27(46)40-26(14(3)4)30(49)39-20(12-23(43)44)28(47)37-16-6-7-17-18(31(32,33)34)11-24(45)50-21(17)10-16/h6-7,10-11,13-14,19-20,25-26H,8-9,12H2,1-5H3,(H2,35,42)(H,36,41)(H,37,47)(H,38,48)(H,39,49)(H,40,46)(H,43,44)/t19-,20-,25-,26-/m0/s1. The fraction of sp³-hybridized carbons (Fsp3) is 0.484. The van der Waals surface area contributed by atoms with Crippen LogP contribution in [0.15, 0.2) is 33.5 Å². The van der Waals surface area contributed by atoms with Gasteiger partial charge in [-0.1, -0.05) is 27.7 Å². The molecule has 0 saturated heterocycles. The molecule has 4 atom stereocenters. The van der Waals surface area contributed by atoms with Gasteiger partial charge >= 0.3 is 17.8 Å². The Bertz CT molecular complexity index is 1690. The topological polar surface area (TPSA) is 256 Å². The third-order valence-corrected chi connectivity index (χ3v) is 7.20. The number of carboxylic acid groups (broad SMARTS) is 1. The van der Waals surface area contributed by atoms with Gasteiger partial charge in [-0.3, -0.25) is 33.6 Å². The zero-order valence-corrected chi connectivity index (χ0v) is 27.7. The van der Waals surface area contributed by atoms with Crippen LogP contribution in [0.3, 0.4) is 0 Å². The number of primary amides is 1. The zero-order valence-electron chi connectivity index (χ0n) is 27.7. The molecule has 1 aromatic heterocycles. The Morgan fingerprint density at radius 1 is 0.820 bits per heavy atom. The van der Waals surface area contributed by atoms with E-state index in [9.17, 15) is 56.6 Å². The first-order valence-corrected chi connectivity index (χ1v) is 15.2. The lowest BCUT2D eigenvalue weighted by Gasteiger charge is -2.28. The van der Waals surface area contributed by atoms with Crippen molar-refractivity contribution in [2.75, 3.05) is 5.32 Å². The number of hydrogen-bond donors (Lipinski definition) is 7. The SMILES string of the molecule is CC(=O)N[C@H](C(=O)N[C@@H](CCC(N)=O)C(=O)N[C@H](C(=O)N[C@@H](CC(=O)O)C(=O)Nc1ccc2c(C(F)(F)F)cc(=O)oc2c1)C(C)C)C(C)C. The highest BCUT2D eigenvalue weighted by atomic mass is 19.4. The predicted octanol–water partition coefficient (Wildman–Crippen LogP) is 0.762. The number of nitrogens with one attached hydrogen (secondary N) is 5. The largest absolute Gasteiger partial charge is 0.481 e. The lowest BCUT2D eigenvalue weighted by atomic mass is 10.00. The average molecular weight is 713 g/mol. The van der Waals surface area contributed by atoms with Crippen molar-refractivity contribution in [2.45, 2.75) is 84.2 Å². The van der Waals surface area contributed by atoms with E-state index in [4.69, 9.17) is 10.2 Å². The van der Waals surface area contributed by atoms with Crippen LogP contribution in [-0.2, 0) is 39.7 Å². The van der Waals surface area contributed by atoms with Gasteiger partial charge < -0.3 is 41.8 Å². The van der Waals surface area contributed by atoms with E-state index in [0.29, 0.717) is 0 Å². The predicted molar refractivity (Wildman–Crippen MR) is 170 cm³/mol. The molecule has 2 aromatic rings. The molecule has 8 N–H and O–H groups in total. The van der Waals surface area contributed by atoms with Gasteiger partial charge in [-0.05, 0) is 30.4 Å². The van der Waals surface area contributed by atoms with Crippen molar-refractivity contribution in [2.24, 2.45) is 17.6 Å². The summed E-state index contributed by atoms with van der Waals surface area (Å²) in [5.74, 6) is -7.77. The molecule has 2 rings (SSSR count). The number of amides is 6. The number of carbonyl (C=O) groups is 7. The summed E-state index contributed by atoms with van der Waals surface area (Å²) in [6.45, 7) is 7.50. The van der Waals surface area contributed by atoms with E-state index in [1.165, 1.54) is 20.8 Å². The highest BCUT2D eigenvalue weighted by Gasteiger charge is 2.35. The van der Waals surface area contributed by atoms with Crippen LogP contribution >= 0.6 is 0 Å². The molecule has 0 aliphatic heterocycles. The van der Waals surface area contributed by atoms with E-state index < -0.39 is 112 Å². The van der Waals surface area contributed by atoms with Crippen LogP contribution < -0.4 is 37.9 Å². The maximum absolute atomic E-state index is 13.4. The number of fused-ring (bicyclic) bond motifs is 1. The number of benzene rings is 1. The number of hydrogen-bond acceptors (Lipinski definition) is 9. The molecule has 0 fully saturated rings. The first-order valence-electron chi connectivity index (χ1n) is 15.2. The van der Waals surface area contributed by atoms with Crippen molar-refractivity contribution < 1.29 is 56.3 Å². The van der Waals surface area contributed by atoms with E-state index >= 15 is 0 Å². The van der Waals surface area contributed by atoms with Crippen molar-refractivity contribution in [3.05, 3.63) is 40.2 Å². The summed E-state index contributed by atoms with van der Waals surface area (Å²) in [5, 5.41) is 20.8. The molecular formula is C31H39F3N6O10. The number of aliphatic carboxylic acids is 1. The maximum Gasteiger partial charge on any atom is 0.417 e. The molecule has 0 aliphatic rings. The Kier molecular flexibility index (Phi) is 14.0. The molecule has 0 aliphatic carbocycles. The molecular weight excluding hydrogens is 673 g/mol. The van der Waals surface area contributed by atoms with Gasteiger partial charge in [0.1, 0.15) is 29.8 Å². The molecule has 0 spiro atoms. The van der Waals surface area contributed by atoms with Gasteiger partial charge in [-0.15, -0.1) is 0 Å². The highest BCUT2D eigenvalue weighted by Crippen LogP contribution is 2.34. The zero-order chi connectivity index (χ0) is 38.1. The van der Waals surface area contributed by atoms with Crippen LogP contribution in [-0.4, -0.2) is 70.7 Å². The average Bonchev–Trinajstić information content (AvgIpc) is 2.98. The fourth-order valence-corrected chi connectivity index (χ4v) is 4.71. The van der Waals surface area contributed by atoms with Gasteiger partial charge in [0.2, 0.25) is 35.4 Å². The van der Waals surface area contributed by atoms with Gasteiger partial charge in [0.15, 0.2) is 0 Å². The summed E-state index contributed by atoms with van der Waals surface area (Å²) >= 11 is 0. The monoisotopic (exact) mass is 712 g/mol. The van der Waals surface area contributed by atoms with Crippen LogP contribution in [0.1, 0.15) is 59.4 Å². The summed E-state index contributed by atoms with van der Waals surface area (Å²) in [4.78, 5) is 99.3. The lowest BCUT2D eigenvalue weighted by Crippen LogP contribution is -2.59. The lowest BCUT2D eigenvalue weighted by molar-refractivity contribution is -0.140. The fourth-order valence-electron chi connectivity index (χ4n) is 4.71. The molecule has 0 unspecified atom stereocenters. The number of nitrogens with two attached hydrogens (primary N) is 1. The number of anilines is 1. The molecule has 0 saturated carbocycles. The first kappa shape index (κ1) is 40.7. The number of rotatable bonds is 16. The van der Waals surface area contributed by atoms with Crippen molar-refractivity contribution >= 4 is 58.1 Å². The van der Waals surface area contributed by atoms with Gasteiger partial charge in [0.25, 0.3) is 0 Å². The quantitative estimate of drug-likeness (QED) is 0.120. The van der Waals surface area contributed by atoms with E-state index in [-0.39, 0.29) is 24.6 Å². The molecule has 6 amide bonds. The molecule has 1 aromatic carbocycles. The van der Waals surface area contributed by atoms with Crippen LogP contribution in [0.4, 0.5) is 18.9 Å². The number of halogens is 3. The molecule has 1 heterocycles. The number of carbonyl (C=O) groups excluding carboxylic acids is 6. The maximum atomic E-state index is 13.4. The molecule has 274 valence electrons. The second kappa shape index (κ2) is 17.3. The molecule has 0 radical (unpaired) electrons. The molecule has 16 nitrogen and oxygen atoms in total. The number of alkyl halides is 3. The van der Waals surface area contributed by atoms with Crippen LogP contribution in [0.5, 0.6) is 0 Å². The molecule has 19 heteroatoms. The Labute approximate surface area is 283 Å². The minimum absolute atomic E-state index is 0.199. The van der Waals surface area contributed by atoms with Crippen LogP contribution in [0, 0.1) is 11.8 Å². The summed E-state index contributed by atoms with van der Waals surface area (Å²) in [7, 11) is 0. The van der Waals surface area contributed by atoms with Crippen LogP contribution in [0.25, 0.3) is 11.0 Å². The van der Waals surface area contributed by atoms with Crippen LogP contribution in [0.2, 0.25) is 0 Å². The smallest absolute Gasteiger partial charge is 0.417 e. The van der Waals surface area contributed by atoms with Gasteiger partial charge in [-0.2, -0.15) is 13.2 Å². The minimum Gasteiger partial charge on any atom is -0.481 e. The summed E-state index contributed by atoms with van der Waals surface area (Å²) in [6.07, 6.45) is -6.49. The highest BCUT2D eigenvalue weighted by molar-refractivity contribution is 6.01. The van der Waals surface area contributed by atoms with E-state index in [0.717, 1.165) is 18.2 Å². The van der Waals surface area contributed by atoms with E-state index in [1.807, 2.05) is 0 Å². The Morgan fingerprint density at radius 2 is 1.38 bits per heavy atom. The van der Waals surface area contributed by atoms with Crippen molar-refractivity contribution in [3.8, 4) is 0 Å². The third kappa shape index (κ3) is 11.9. The second-order valence-corrected chi connectivity index (χ2v) is 12.1. The van der Waals surface area contributed by atoms with Gasteiger partial charge in [-0.25, -0.2) is 4.79 Å². The first-order chi connectivity index (χ1) is 23.1. The van der Waals surface area contributed by atoms with E-state index in [1.54, 1.807) is 13.8 Å². The van der Waals surface area contributed by atoms with Gasteiger partial charge in [0, 0.05) is 36.6 Å². The second-order valence-electron chi connectivity index (χ2n) is 12.1. The molecule has 0 bridgehead atoms. The van der Waals surface area contributed by atoms with E-state index in [2.05, 4.69) is 26.6 Å². The van der Waals surface area contributed by atoms with Gasteiger partial charge in [0.05, 0.1) is 12.0 Å². The van der Waals surface area contributed by atoms with Crippen molar-refractivity contribution in [1.29, 1.82) is 0 Å². The summed E-state index contributed by atoms with van der Waals surface area (Å²) < 4.78 is 45.1. The summed E-state index contributed by atoms with van der Waals surface area (Å²) in [6, 6.07) is -2.52. The number of carboxylic acids is 1. The Balaban J connectivity index is 2.31.